The van der Waals surface area contributed by atoms with Gasteiger partial charge in [0.25, 0.3) is 0 Å². The third-order valence-electron chi connectivity index (χ3n) is 3.74. The zero-order valence-electron chi connectivity index (χ0n) is 10.8. The number of imidazole rings is 1. The van der Waals surface area contributed by atoms with E-state index >= 15 is 0 Å². The summed E-state index contributed by atoms with van der Waals surface area (Å²) in [5.41, 5.74) is 2.92. The highest BCUT2D eigenvalue weighted by Crippen LogP contribution is 2.25. The van der Waals surface area contributed by atoms with Crippen molar-refractivity contribution >= 4 is 0 Å². The minimum absolute atomic E-state index is 0.405. The van der Waals surface area contributed by atoms with Gasteiger partial charge >= 0.3 is 0 Å². The largest absolute Gasteiger partial charge is 0.335 e. The number of hydrogen-bond donors (Lipinski definition) is 1. The van der Waals surface area contributed by atoms with Crippen LogP contribution in [0.1, 0.15) is 29.9 Å². The SMILES string of the molecule is CCn1ccnc1CC1NCCc2ccccc21. The molecule has 3 heteroatoms. The zero-order chi connectivity index (χ0) is 12.4. The third kappa shape index (κ3) is 2.06. The van der Waals surface area contributed by atoms with Gasteiger partial charge in [-0.25, -0.2) is 4.98 Å². The highest BCUT2D eigenvalue weighted by atomic mass is 15.1. The minimum atomic E-state index is 0.405. The van der Waals surface area contributed by atoms with Gasteiger partial charge in [0.15, 0.2) is 0 Å². The van der Waals surface area contributed by atoms with Gasteiger partial charge in [0.2, 0.25) is 0 Å². The number of aryl methyl sites for hydroxylation is 1. The maximum absolute atomic E-state index is 4.48. The van der Waals surface area contributed by atoms with Gasteiger partial charge in [-0.05, 0) is 31.0 Å². The van der Waals surface area contributed by atoms with Crippen molar-refractivity contribution in [1.29, 1.82) is 0 Å². The summed E-state index contributed by atoms with van der Waals surface area (Å²) in [6.07, 6.45) is 6.06. The first-order valence-electron chi connectivity index (χ1n) is 6.69. The van der Waals surface area contributed by atoms with Gasteiger partial charge in [0.05, 0.1) is 0 Å². The fraction of sp³-hybridized carbons (Fsp3) is 0.400. The van der Waals surface area contributed by atoms with Gasteiger partial charge in [-0.1, -0.05) is 24.3 Å². The third-order valence-corrected chi connectivity index (χ3v) is 3.74. The molecule has 0 amide bonds. The normalized spacial score (nSPS) is 18.6. The second kappa shape index (κ2) is 4.94. The maximum atomic E-state index is 4.48. The zero-order valence-corrected chi connectivity index (χ0v) is 10.8. The molecule has 1 N–H and O–H groups in total. The average molecular weight is 241 g/mol. The molecule has 2 aromatic rings. The summed E-state index contributed by atoms with van der Waals surface area (Å²) in [5, 5.41) is 3.61. The molecule has 0 spiro atoms. The quantitative estimate of drug-likeness (QED) is 0.894. The molecule has 94 valence electrons. The first kappa shape index (κ1) is 11.5. The molecular weight excluding hydrogens is 222 g/mol. The molecule has 1 unspecified atom stereocenters. The Kier molecular flexibility index (Phi) is 3.15. The summed E-state index contributed by atoms with van der Waals surface area (Å²) in [5.74, 6) is 1.17. The van der Waals surface area contributed by atoms with E-state index in [1.54, 1.807) is 0 Å². The molecule has 2 heterocycles. The molecule has 1 atom stereocenters. The predicted octanol–water partition coefficient (Wildman–Crippen LogP) is 2.33. The molecule has 3 rings (SSSR count). The summed E-state index contributed by atoms with van der Waals surface area (Å²) in [6.45, 7) is 4.21. The van der Waals surface area contributed by atoms with E-state index in [-0.39, 0.29) is 0 Å². The summed E-state index contributed by atoms with van der Waals surface area (Å²) in [6, 6.07) is 9.16. The number of nitrogens with zero attached hydrogens (tertiary/aromatic N) is 2. The molecule has 0 aliphatic carbocycles. The van der Waals surface area contributed by atoms with Crippen LogP contribution in [0.15, 0.2) is 36.7 Å². The van der Waals surface area contributed by atoms with E-state index in [9.17, 15) is 0 Å². The van der Waals surface area contributed by atoms with Gasteiger partial charge in [-0.3, -0.25) is 0 Å². The standard InChI is InChI=1S/C15H19N3/c1-2-18-10-9-17-15(18)11-14-13-6-4-3-5-12(13)7-8-16-14/h3-6,9-10,14,16H,2,7-8,11H2,1H3. The van der Waals surface area contributed by atoms with E-state index in [0.29, 0.717) is 6.04 Å². The average Bonchev–Trinajstić information content (AvgIpc) is 2.86. The van der Waals surface area contributed by atoms with Crippen LogP contribution in [-0.4, -0.2) is 16.1 Å². The lowest BCUT2D eigenvalue weighted by Crippen LogP contribution is -2.31. The highest BCUT2D eigenvalue weighted by molar-refractivity contribution is 5.32. The van der Waals surface area contributed by atoms with Crippen molar-refractivity contribution in [2.24, 2.45) is 0 Å². The molecule has 0 fully saturated rings. The molecule has 1 aliphatic heterocycles. The van der Waals surface area contributed by atoms with Gasteiger partial charge in [-0.15, -0.1) is 0 Å². The topological polar surface area (TPSA) is 29.9 Å². The van der Waals surface area contributed by atoms with Crippen molar-refractivity contribution in [2.45, 2.75) is 32.4 Å². The van der Waals surface area contributed by atoms with Crippen molar-refractivity contribution in [1.82, 2.24) is 14.9 Å². The minimum Gasteiger partial charge on any atom is -0.335 e. The molecule has 1 aromatic heterocycles. The van der Waals surface area contributed by atoms with Crippen molar-refractivity contribution in [3.05, 3.63) is 53.6 Å². The van der Waals surface area contributed by atoms with Gasteiger partial charge in [0, 0.05) is 31.4 Å². The fourth-order valence-corrected chi connectivity index (χ4v) is 2.78. The lowest BCUT2D eigenvalue weighted by molar-refractivity contribution is 0.483. The summed E-state index contributed by atoms with van der Waals surface area (Å²) in [4.78, 5) is 4.48. The Balaban J connectivity index is 1.86. The summed E-state index contributed by atoms with van der Waals surface area (Å²) in [7, 11) is 0. The second-order valence-corrected chi connectivity index (χ2v) is 4.79. The van der Waals surface area contributed by atoms with Crippen LogP contribution in [0.25, 0.3) is 0 Å². The highest BCUT2D eigenvalue weighted by Gasteiger charge is 2.20. The Labute approximate surface area is 108 Å². The summed E-state index contributed by atoms with van der Waals surface area (Å²) < 4.78 is 2.22. The Morgan fingerprint density at radius 3 is 3.17 bits per heavy atom. The van der Waals surface area contributed by atoms with E-state index < -0.39 is 0 Å². The van der Waals surface area contributed by atoms with Crippen LogP contribution < -0.4 is 5.32 Å². The van der Waals surface area contributed by atoms with Crippen molar-refractivity contribution in [3.8, 4) is 0 Å². The molecule has 1 aliphatic rings. The lowest BCUT2D eigenvalue weighted by Gasteiger charge is -2.26. The molecule has 0 bridgehead atoms. The molecule has 18 heavy (non-hydrogen) atoms. The lowest BCUT2D eigenvalue weighted by atomic mass is 9.92. The molecule has 0 saturated heterocycles. The van der Waals surface area contributed by atoms with Gasteiger partial charge in [-0.2, -0.15) is 0 Å². The van der Waals surface area contributed by atoms with Crippen LogP contribution in [0.2, 0.25) is 0 Å². The van der Waals surface area contributed by atoms with E-state index in [1.165, 1.54) is 17.0 Å². The van der Waals surface area contributed by atoms with E-state index in [2.05, 4.69) is 52.3 Å². The van der Waals surface area contributed by atoms with Crippen molar-refractivity contribution in [2.75, 3.05) is 6.54 Å². The van der Waals surface area contributed by atoms with Crippen LogP contribution in [0.3, 0.4) is 0 Å². The smallest absolute Gasteiger partial charge is 0.110 e. The van der Waals surface area contributed by atoms with Gasteiger partial charge in [0.1, 0.15) is 5.82 Å². The van der Waals surface area contributed by atoms with E-state index in [0.717, 1.165) is 25.9 Å². The number of nitrogens with one attached hydrogen (secondary N) is 1. The van der Waals surface area contributed by atoms with Gasteiger partial charge < -0.3 is 9.88 Å². The molecule has 0 radical (unpaired) electrons. The number of hydrogen-bond acceptors (Lipinski definition) is 2. The van der Waals surface area contributed by atoms with Crippen LogP contribution in [0.4, 0.5) is 0 Å². The van der Waals surface area contributed by atoms with Crippen molar-refractivity contribution in [3.63, 3.8) is 0 Å². The Morgan fingerprint density at radius 1 is 1.39 bits per heavy atom. The number of benzene rings is 1. The number of rotatable bonds is 3. The first-order chi connectivity index (χ1) is 8.88. The van der Waals surface area contributed by atoms with E-state index in [1.807, 2.05) is 6.20 Å². The van der Waals surface area contributed by atoms with E-state index in [4.69, 9.17) is 0 Å². The number of aromatic nitrogens is 2. The fourth-order valence-electron chi connectivity index (χ4n) is 2.78. The van der Waals surface area contributed by atoms with Crippen LogP contribution in [0, 0.1) is 0 Å². The number of fused-ring (bicyclic) bond motifs is 1. The van der Waals surface area contributed by atoms with Crippen LogP contribution in [0.5, 0.6) is 0 Å². The molecular formula is C15H19N3. The van der Waals surface area contributed by atoms with Crippen LogP contribution >= 0.6 is 0 Å². The predicted molar refractivity (Wildman–Crippen MR) is 72.5 cm³/mol. The molecule has 0 saturated carbocycles. The Hall–Kier alpha value is -1.61. The van der Waals surface area contributed by atoms with Crippen molar-refractivity contribution < 1.29 is 0 Å². The summed E-state index contributed by atoms with van der Waals surface area (Å²) >= 11 is 0. The second-order valence-electron chi connectivity index (χ2n) is 4.79. The molecule has 1 aromatic carbocycles. The molecule has 3 nitrogen and oxygen atoms in total. The maximum Gasteiger partial charge on any atom is 0.110 e. The van der Waals surface area contributed by atoms with Crippen LogP contribution in [-0.2, 0) is 19.4 Å². The Bertz CT molecular complexity index is 530. The first-order valence-corrected chi connectivity index (χ1v) is 6.69. The monoisotopic (exact) mass is 241 g/mol. The Morgan fingerprint density at radius 2 is 2.28 bits per heavy atom.